The van der Waals surface area contributed by atoms with Crippen molar-refractivity contribution in [3.63, 3.8) is 0 Å². The molecule has 0 aliphatic rings. The minimum absolute atomic E-state index is 0.350. The summed E-state index contributed by atoms with van der Waals surface area (Å²) in [7, 11) is 2.59. The lowest BCUT2D eigenvalue weighted by molar-refractivity contribution is 0.919. The van der Waals surface area contributed by atoms with E-state index in [1.807, 2.05) is 218 Å². The number of benzene rings is 8. The van der Waals surface area contributed by atoms with E-state index in [4.69, 9.17) is 29.9 Å². The molecule has 70 heavy (non-hydrogen) atoms. The molecule has 0 amide bonds. The summed E-state index contributed by atoms with van der Waals surface area (Å²) in [4.78, 5) is 28.8. The summed E-state index contributed by atoms with van der Waals surface area (Å²) in [6, 6.07) is 71.8. The zero-order chi connectivity index (χ0) is 47.2. The maximum atomic E-state index is 4.82. The van der Waals surface area contributed by atoms with Gasteiger partial charge in [-0.15, -0.1) is 0 Å². The molecule has 342 valence electrons. The van der Waals surface area contributed by atoms with Crippen molar-refractivity contribution < 1.29 is 0 Å². The third kappa shape index (κ3) is 12.9. The second-order valence-electron chi connectivity index (χ2n) is 15.5. The van der Waals surface area contributed by atoms with Crippen LogP contribution in [0.25, 0.3) is 0 Å². The monoisotopic (exact) mass is 952 g/mol. The first-order valence-corrected chi connectivity index (χ1v) is 24.3. The van der Waals surface area contributed by atoms with Gasteiger partial charge in [-0.3, -0.25) is 0 Å². The number of anilines is 16. The summed E-state index contributed by atoms with van der Waals surface area (Å²) in [6.45, 7) is 0. The standard InChI is InChI=1S/C54H44N14S2/c1-5-13-37(14-6-1)55-41-21-29-45(30-22-41)59-49-63-50(60-46-31-23-42(24-32-46)56-38-15-7-2-8-16-38)66-53(65-49)69-70-54-67-51(61-47-33-25-43(26-34-47)57-39-17-9-3-10-18-39)64-52(68-54)62-48-35-27-44(28-36-48)58-40-19-11-4-12-20-40/h1-36,55-58H,(H2,59,60,63,65,66)(H2,61,62,64,67,68). The third-order valence-corrected chi connectivity index (χ3v) is 12.1. The molecule has 8 N–H and O–H groups in total. The fraction of sp³-hybridized carbons (Fsp3) is 0. The maximum absolute atomic E-state index is 4.82. The van der Waals surface area contributed by atoms with Crippen LogP contribution in [0.4, 0.5) is 92.0 Å². The lowest BCUT2D eigenvalue weighted by Gasteiger charge is -2.13. The third-order valence-electron chi connectivity index (χ3n) is 10.2. The normalized spacial score (nSPS) is 10.7. The molecule has 0 saturated heterocycles. The van der Waals surface area contributed by atoms with Crippen LogP contribution in [0.3, 0.4) is 0 Å². The highest BCUT2D eigenvalue weighted by atomic mass is 33.1. The van der Waals surface area contributed by atoms with Crippen LogP contribution in [-0.4, -0.2) is 29.9 Å². The van der Waals surface area contributed by atoms with E-state index in [0.29, 0.717) is 34.1 Å². The zero-order valence-corrected chi connectivity index (χ0v) is 38.9. The molecule has 0 bridgehead atoms. The molecule has 2 heterocycles. The van der Waals surface area contributed by atoms with Gasteiger partial charge in [0.25, 0.3) is 0 Å². The van der Waals surface area contributed by atoms with Gasteiger partial charge >= 0.3 is 0 Å². The number of nitrogens with one attached hydrogen (secondary N) is 8. The van der Waals surface area contributed by atoms with E-state index in [9.17, 15) is 0 Å². The number of hydrogen-bond donors (Lipinski definition) is 8. The topological polar surface area (TPSA) is 174 Å². The van der Waals surface area contributed by atoms with Crippen LogP contribution in [-0.2, 0) is 0 Å². The van der Waals surface area contributed by atoms with Gasteiger partial charge in [-0.2, -0.15) is 29.9 Å². The molecule has 16 heteroatoms. The Morgan fingerprint density at radius 2 is 0.357 bits per heavy atom. The van der Waals surface area contributed by atoms with Crippen LogP contribution in [0.1, 0.15) is 0 Å². The van der Waals surface area contributed by atoms with Crippen LogP contribution in [0.15, 0.2) is 229 Å². The molecule has 10 rings (SSSR count). The number of para-hydroxylation sites is 4. The molecule has 0 unspecified atom stereocenters. The molecule has 0 saturated carbocycles. The molecule has 0 aliphatic carbocycles. The van der Waals surface area contributed by atoms with Gasteiger partial charge in [0.1, 0.15) is 0 Å². The van der Waals surface area contributed by atoms with Crippen molar-refractivity contribution in [2.45, 2.75) is 10.3 Å². The first kappa shape index (κ1) is 44.7. The SMILES string of the molecule is c1ccc(Nc2ccc(Nc3nc(Nc4ccc(Nc5ccccc5)cc4)nc(SSc4nc(Nc5ccc(Nc6ccccc6)cc5)nc(Nc5ccc(Nc6ccccc6)cc5)n4)n3)cc2)cc1. The van der Waals surface area contributed by atoms with Gasteiger partial charge < -0.3 is 42.5 Å². The van der Waals surface area contributed by atoms with Crippen LogP contribution >= 0.6 is 21.6 Å². The van der Waals surface area contributed by atoms with Gasteiger partial charge in [-0.05, 0) is 167 Å². The number of aromatic nitrogens is 6. The molecule has 2 aromatic heterocycles. The van der Waals surface area contributed by atoms with Crippen LogP contribution in [0.2, 0.25) is 0 Å². The highest BCUT2D eigenvalue weighted by Crippen LogP contribution is 2.36. The number of nitrogens with zero attached hydrogens (tertiary/aromatic N) is 6. The molecule has 0 spiro atoms. The Morgan fingerprint density at radius 3 is 0.557 bits per heavy atom. The van der Waals surface area contributed by atoms with Crippen molar-refractivity contribution in [3.05, 3.63) is 218 Å². The molecule has 10 aromatic rings. The second-order valence-corrected chi connectivity index (χ2v) is 17.5. The average Bonchev–Trinajstić information content (AvgIpc) is 3.39. The quantitative estimate of drug-likeness (QED) is 0.0359. The van der Waals surface area contributed by atoms with Crippen molar-refractivity contribution in [3.8, 4) is 0 Å². The Bertz CT molecular complexity index is 2800. The Balaban J connectivity index is 0.896. The van der Waals surface area contributed by atoms with E-state index in [1.165, 1.54) is 21.6 Å². The van der Waals surface area contributed by atoms with Gasteiger partial charge in [-0.1, -0.05) is 72.8 Å². The Hall–Kier alpha value is -9.12. The van der Waals surface area contributed by atoms with Crippen LogP contribution in [0.5, 0.6) is 0 Å². The van der Waals surface area contributed by atoms with Crippen LogP contribution in [0, 0.1) is 0 Å². The van der Waals surface area contributed by atoms with Crippen molar-refractivity contribution in [2.75, 3.05) is 42.5 Å². The summed E-state index contributed by atoms with van der Waals surface area (Å²) in [5, 5.41) is 28.0. The highest BCUT2D eigenvalue weighted by molar-refractivity contribution is 8.76. The summed E-state index contributed by atoms with van der Waals surface area (Å²) in [5.41, 5.74) is 11.0. The van der Waals surface area contributed by atoms with Gasteiger partial charge in [0, 0.05) is 68.2 Å². The first-order chi connectivity index (χ1) is 34.5. The first-order valence-electron chi connectivity index (χ1n) is 22.2. The molecule has 0 fully saturated rings. The fourth-order valence-corrected chi connectivity index (χ4v) is 8.44. The van der Waals surface area contributed by atoms with Crippen molar-refractivity contribution in [1.29, 1.82) is 0 Å². The molecule has 0 radical (unpaired) electrons. The average molecular weight is 953 g/mol. The summed E-state index contributed by atoms with van der Waals surface area (Å²) in [5.74, 6) is 1.40. The Labute approximate surface area is 412 Å². The predicted octanol–water partition coefficient (Wildman–Crippen LogP) is 14.8. The Morgan fingerprint density at radius 1 is 0.186 bits per heavy atom. The lowest BCUT2D eigenvalue weighted by Crippen LogP contribution is -2.06. The lowest BCUT2D eigenvalue weighted by atomic mass is 10.2. The molecule has 0 atom stereocenters. The van der Waals surface area contributed by atoms with Gasteiger partial charge in [0.05, 0.1) is 0 Å². The van der Waals surface area contributed by atoms with Gasteiger partial charge in [0.2, 0.25) is 34.1 Å². The zero-order valence-electron chi connectivity index (χ0n) is 37.3. The molecule has 14 nitrogen and oxygen atoms in total. The van der Waals surface area contributed by atoms with Gasteiger partial charge in [-0.25, -0.2) is 0 Å². The minimum atomic E-state index is 0.350. The Kier molecular flexibility index (Phi) is 14.1. The van der Waals surface area contributed by atoms with Gasteiger partial charge in [0.15, 0.2) is 0 Å². The molecule has 0 aliphatic heterocycles. The van der Waals surface area contributed by atoms with Crippen molar-refractivity contribution in [2.24, 2.45) is 0 Å². The molecular formula is C54H44N14S2. The van der Waals surface area contributed by atoms with E-state index < -0.39 is 0 Å². The van der Waals surface area contributed by atoms with Crippen molar-refractivity contribution >= 4 is 114 Å². The fourth-order valence-electron chi connectivity index (χ4n) is 6.90. The van der Waals surface area contributed by atoms with E-state index in [0.717, 1.165) is 68.2 Å². The predicted molar refractivity (Wildman–Crippen MR) is 289 cm³/mol. The minimum Gasteiger partial charge on any atom is -0.356 e. The summed E-state index contributed by atoms with van der Waals surface area (Å²) >= 11 is 0. The van der Waals surface area contributed by atoms with E-state index in [1.54, 1.807) is 0 Å². The van der Waals surface area contributed by atoms with E-state index in [2.05, 4.69) is 42.5 Å². The molecule has 8 aromatic carbocycles. The van der Waals surface area contributed by atoms with Crippen LogP contribution < -0.4 is 42.5 Å². The summed E-state index contributed by atoms with van der Waals surface area (Å²) < 4.78 is 0. The number of hydrogen-bond acceptors (Lipinski definition) is 16. The maximum Gasteiger partial charge on any atom is 0.233 e. The van der Waals surface area contributed by atoms with E-state index >= 15 is 0 Å². The van der Waals surface area contributed by atoms with E-state index in [-0.39, 0.29) is 0 Å². The molecular weight excluding hydrogens is 909 g/mol. The smallest absolute Gasteiger partial charge is 0.233 e. The summed E-state index contributed by atoms with van der Waals surface area (Å²) in [6.07, 6.45) is 0. The van der Waals surface area contributed by atoms with Crippen molar-refractivity contribution in [1.82, 2.24) is 29.9 Å². The largest absolute Gasteiger partial charge is 0.356 e. The number of rotatable bonds is 19. The second kappa shape index (κ2) is 22.1. The highest BCUT2D eigenvalue weighted by Gasteiger charge is 2.14.